The number of nitrogens with zero attached hydrogens (tertiary/aromatic N) is 3. The Bertz CT molecular complexity index is 430. The number of rotatable bonds is 4. The highest BCUT2D eigenvalue weighted by molar-refractivity contribution is 5.62. The van der Waals surface area contributed by atoms with Gasteiger partial charge < -0.3 is 10.2 Å². The molecule has 1 aliphatic rings. The molecule has 1 aliphatic heterocycles. The first kappa shape index (κ1) is 12.6. The second-order valence-corrected chi connectivity index (χ2v) is 4.37. The summed E-state index contributed by atoms with van der Waals surface area (Å²) in [4.78, 5) is 17.1. The second-order valence-electron chi connectivity index (χ2n) is 4.37. The Morgan fingerprint density at radius 1 is 1.39 bits per heavy atom. The van der Waals surface area contributed by atoms with Gasteiger partial charge in [-0.2, -0.15) is 0 Å². The van der Waals surface area contributed by atoms with Crippen molar-refractivity contribution in [1.29, 1.82) is 0 Å². The molecule has 98 valence electrons. The summed E-state index contributed by atoms with van der Waals surface area (Å²) in [5.74, 6) is 1.20. The molecule has 1 saturated heterocycles. The molecule has 1 aromatic heterocycles. The molecular formula is C12H18N4O2. The van der Waals surface area contributed by atoms with Crippen molar-refractivity contribution in [2.45, 2.75) is 26.2 Å². The number of nitrogens with one attached hydrogen (secondary N) is 1. The predicted octanol–water partition coefficient (Wildman–Crippen LogP) is 2.41. The average Bonchev–Trinajstić information content (AvgIpc) is 2.40. The lowest BCUT2D eigenvalue weighted by Gasteiger charge is -2.27. The zero-order chi connectivity index (χ0) is 13.0. The maximum absolute atomic E-state index is 11.1. The van der Waals surface area contributed by atoms with Crippen LogP contribution in [0.25, 0.3) is 0 Å². The highest BCUT2D eigenvalue weighted by atomic mass is 16.6. The van der Waals surface area contributed by atoms with E-state index in [0.29, 0.717) is 11.6 Å². The van der Waals surface area contributed by atoms with Crippen LogP contribution >= 0.6 is 0 Å². The molecule has 1 aromatic rings. The Kier molecular flexibility index (Phi) is 3.96. The molecule has 0 amide bonds. The number of piperidine rings is 1. The highest BCUT2D eigenvalue weighted by Crippen LogP contribution is 2.29. The van der Waals surface area contributed by atoms with Crippen molar-refractivity contribution in [2.75, 3.05) is 29.9 Å². The van der Waals surface area contributed by atoms with Gasteiger partial charge in [-0.3, -0.25) is 10.1 Å². The molecule has 0 saturated carbocycles. The lowest BCUT2D eigenvalue weighted by molar-refractivity contribution is -0.384. The fourth-order valence-corrected chi connectivity index (χ4v) is 2.20. The van der Waals surface area contributed by atoms with Crippen LogP contribution in [0.4, 0.5) is 17.3 Å². The molecule has 6 nitrogen and oxygen atoms in total. The van der Waals surface area contributed by atoms with E-state index in [0.717, 1.165) is 32.5 Å². The fourth-order valence-electron chi connectivity index (χ4n) is 2.20. The first-order valence-electron chi connectivity index (χ1n) is 6.36. The van der Waals surface area contributed by atoms with Crippen LogP contribution in [0.2, 0.25) is 0 Å². The van der Waals surface area contributed by atoms with Crippen LogP contribution in [0, 0.1) is 10.1 Å². The molecule has 2 rings (SSSR count). The van der Waals surface area contributed by atoms with Crippen LogP contribution in [0.1, 0.15) is 26.2 Å². The highest BCUT2D eigenvalue weighted by Gasteiger charge is 2.23. The summed E-state index contributed by atoms with van der Waals surface area (Å²) in [6.07, 6.45) is 3.34. The minimum absolute atomic E-state index is 0.0959. The first-order valence-corrected chi connectivity index (χ1v) is 6.36. The summed E-state index contributed by atoms with van der Waals surface area (Å²) in [6.45, 7) is 4.43. The summed E-state index contributed by atoms with van der Waals surface area (Å²) in [5, 5.41) is 14.1. The molecule has 0 spiro atoms. The molecule has 18 heavy (non-hydrogen) atoms. The van der Waals surface area contributed by atoms with Crippen LogP contribution in [-0.2, 0) is 0 Å². The Labute approximate surface area is 106 Å². The van der Waals surface area contributed by atoms with E-state index in [4.69, 9.17) is 0 Å². The van der Waals surface area contributed by atoms with E-state index >= 15 is 0 Å². The molecular weight excluding hydrogens is 232 g/mol. The molecule has 1 N–H and O–H groups in total. The van der Waals surface area contributed by atoms with Crippen LogP contribution in [-0.4, -0.2) is 29.5 Å². The maximum Gasteiger partial charge on any atom is 0.311 e. The molecule has 0 aliphatic carbocycles. The topological polar surface area (TPSA) is 71.3 Å². The van der Waals surface area contributed by atoms with Gasteiger partial charge in [0.15, 0.2) is 0 Å². The van der Waals surface area contributed by atoms with E-state index in [-0.39, 0.29) is 10.6 Å². The standard InChI is InChI=1S/C12H18N4O2/c1-2-13-11-7-6-10(16(17)18)12(14-11)15-8-4-3-5-9-15/h6-7H,2-5,8-9H2,1H3,(H,13,14). The van der Waals surface area contributed by atoms with Crippen molar-refractivity contribution >= 4 is 17.3 Å². The van der Waals surface area contributed by atoms with Crippen molar-refractivity contribution in [2.24, 2.45) is 0 Å². The lowest BCUT2D eigenvalue weighted by Crippen LogP contribution is -2.31. The number of pyridine rings is 1. The lowest BCUT2D eigenvalue weighted by atomic mass is 10.1. The number of nitro groups is 1. The molecule has 6 heteroatoms. The van der Waals surface area contributed by atoms with Gasteiger partial charge in [-0.25, -0.2) is 4.98 Å². The smallest absolute Gasteiger partial charge is 0.311 e. The van der Waals surface area contributed by atoms with Crippen LogP contribution < -0.4 is 10.2 Å². The van der Waals surface area contributed by atoms with Gasteiger partial charge in [-0.1, -0.05) is 0 Å². The quantitative estimate of drug-likeness (QED) is 0.656. The van der Waals surface area contributed by atoms with Gasteiger partial charge in [0.1, 0.15) is 5.82 Å². The van der Waals surface area contributed by atoms with E-state index < -0.39 is 0 Å². The van der Waals surface area contributed by atoms with E-state index in [1.807, 2.05) is 11.8 Å². The molecule has 1 fully saturated rings. The maximum atomic E-state index is 11.1. The summed E-state index contributed by atoms with van der Waals surface area (Å²) in [6, 6.07) is 3.20. The Morgan fingerprint density at radius 2 is 2.11 bits per heavy atom. The monoisotopic (exact) mass is 250 g/mol. The van der Waals surface area contributed by atoms with E-state index in [2.05, 4.69) is 10.3 Å². The van der Waals surface area contributed by atoms with Gasteiger partial charge in [0.05, 0.1) is 4.92 Å². The van der Waals surface area contributed by atoms with Crippen molar-refractivity contribution < 1.29 is 4.92 Å². The number of aromatic nitrogens is 1. The zero-order valence-electron chi connectivity index (χ0n) is 10.6. The van der Waals surface area contributed by atoms with Crippen LogP contribution in [0.5, 0.6) is 0 Å². The number of hydrogen-bond donors (Lipinski definition) is 1. The molecule has 0 bridgehead atoms. The molecule has 0 aromatic carbocycles. The average molecular weight is 250 g/mol. The third-order valence-corrected chi connectivity index (χ3v) is 3.06. The SMILES string of the molecule is CCNc1ccc([N+](=O)[O-])c(N2CCCCC2)n1. The predicted molar refractivity (Wildman–Crippen MR) is 71.1 cm³/mol. The normalized spacial score (nSPS) is 15.5. The Hall–Kier alpha value is -1.85. The molecule has 2 heterocycles. The number of anilines is 2. The summed E-state index contributed by atoms with van der Waals surface area (Å²) < 4.78 is 0. The van der Waals surface area contributed by atoms with Gasteiger partial charge in [-0.05, 0) is 32.3 Å². The van der Waals surface area contributed by atoms with E-state index in [9.17, 15) is 10.1 Å². The minimum atomic E-state index is -0.354. The summed E-state index contributed by atoms with van der Waals surface area (Å²) >= 11 is 0. The van der Waals surface area contributed by atoms with Crippen molar-refractivity contribution in [3.05, 3.63) is 22.2 Å². The zero-order valence-corrected chi connectivity index (χ0v) is 10.6. The second kappa shape index (κ2) is 5.66. The van der Waals surface area contributed by atoms with E-state index in [1.165, 1.54) is 12.5 Å². The number of hydrogen-bond acceptors (Lipinski definition) is 5. The van der Waals surface area contributed by atoms with Gasteiger partial charge in [0.25, 0.3) is 0 Å². The summed E-state index contributed by atoms with van der Waals surface area (Å²) in [7, 11) is 0. The van der Waals surface area contributed by atoms with E-state index in [1.54, 1.807) is 6.07 Å². The third-order valence-electron chi connectivity index (χ3n) is 3.06. The largest absolute Gasteiger partial charge is 0.370 e. The Balaban J connectivity index is 2.33. The van der Waals surface area contributed by atoms with Crippen LogP contribution in [0.15, 0.2) is 12.1 Å². The summed E-state index contributed by atoms with van der Waals surface area (Å²) in [5.41, 5.74) is 0.0959. The molecule has 0 radical (unpaired) electrons. The van der Waals surface area contributed by atoms with Gasteiger partial charge in [0.2, 0.25) is 5.82 Å². The van der Waals surface area contributed by atoms with Gasteiger partial charge >= 0.3 is 5.69 Å². The fraction of sp³-hybridized carbons (Fsp3) is 0.583. The van der Waals surface area contributed by atoms with Crippen molar-refractivity contribution in [3.8, 4) is 0 Å². The first-order chi connectivity index (χ1) is 8.72. The molecule has 0 atom stereocenters. The third kappa shape index (κ3) is 2.69. The van der Waals surface area contributed by atoms with Crippen molar-refractivity contribution in [1.82, 2.24) is 4.98 Å². The minimum Gasteiger partial charge on any atom is -0.370 e. The van der Waals surface area contributed by atoms with Crippen molar-refractivity contribution in [3.63, 3.8) is 0 Å². The Morgan fingerprint density at radius 3 is 2.72 bits per heavy atom. The van der Waals surface area contributed by atoms with Crippen LogP contribution in [0.3, 0.4) is 0 Å². The van der Waals surface area contributed by atoms with Gasteiger partial charge in [-0.15, -0.1) is 0 Å². The van der Waals surface area contributed by atoms with Gasteiger partial charge in [0, 0.05) is 25.7 Å². The molecule has 0 unspecified atom stereocenters.